The Balaban J connectivity index is 1.97. The first kappa shape index (κ1) is 16.5. The SMILES string of the molecule is COC(=O)[C@H](Cc1cnc[nH]1)NC(=O)[C@H](C)Nc1ccccc1. The average Bonchev–Trinajstić information content (AvgIpc) is 3.07. The maximum Gasteiger partial charge on any atom is 0.328 e. The molecule has 0 saturated heterocycles. The van der Waals surface area contributed by atoms with Gasteiger partial charge in [0, 0.05) is 24.0 Å². The van der Waals surface area contributed by atoms with E-state index >= 15 is 0 Å². The second kappa shape index (κ2) is 7.98. The molecular formula is C16H20N4O3. The van der Waals surface area contributed by atoms with Gasteiger partial charge in [0.05, 0.1) is 13.4 Å². The van der Waals surface area contributed by atoms with Gasteiger partial charge >= 0.3 is 5.97 Å². The summed E-state index contributed by atoms with van der Waals surface area (Å²) in [5, 5.41) is 5.78. The minimum Gasteiger partial charge on any atom is -0.467 e. The van der Waals surface area contributed by atoms with Crippen LogP contribution in [-0.4, -0.2) is 41.0 Å². The lowest BCUT2D eigenvalue weighted by Gasteiger charge is -2.20. The van der Waals surface area contributed by atoms with E-state index in [0.717, 1.165) is 11.4 Å². The zero-order valence-corrected chi connectivity index (χ0v) is 13.1. The predicted molar refractivity (Wildman–Crippen MR) is 85.8 cm³/mol. The van der Waals surface area contributed by atoms with Gasteiger partial charge in [-0.15, -0.1) is 0 Å². The van der Waals surface area contributed by atoms with Crippen molar-refractivity contribution in [3.63, 3.8) is 0 Å². The number of aromatic amines is 1. The van der Waals surface area contributed by atoms with E-state index in [0.29, 0.717) is 0 Å². The molecule has 2 atom stereocenters. The summed E-state index contributed by atoms with van der Waals surface area (Å²) in [6, 6.07) is 8.12. The van der Waals surface area contributed by atoms with Crippen molar-refractivity contribution in [1.82, 2.24) is 15.3 Å². The number of hydrogen-bond acceptors (Lipinski definition) is 5. The Kier molecular flexibility index (Phi) is 5.74. The summed E-state index contributed by atoms with van der Waals surface area (Å²) in [5.41, 5.74) is 1.57. The highest BCUT2D eigenvalue weighted by Crippen LogP contribution is 2.08. The van der Waals surface area contributed by atoms with Crippen molar-refractivity contribution in [3.8, 4) is 0 Å². The minimum absolute atomic E-state index is 0.288. The second-order valence-electron chi connectivity index (χ2n) is 5.10. The highest BCUT2D eigenvalue weighted by Gasteiger charge is 2.24. The molecule has 0 bridgehead atoms. The number of rotatable bonds is 7. The zero-order chi connectivity index (χ0) is 16.7. The van der Waals surface area contributed by atoms with Crippen molar-refractivity contribution in [3.05, 3.63) is 48.5 Å². The molecule has 7 nitrogen and oxygen atoms in total. The van der Waals surface area contributed by atoms with Crippen LogP contribution in [0.1, 0.15) is 12.6 Å². The van der Waals surface area contributed by atoms with Gasteiger partial charge in [0.1, 0.15) is 12.1 Å². The van der Waals surface area contributed by atoms with Gasteiger partial charge in [-0.2, -0.15) is 0 Å². The topological polar surface area (TPSA) is 96.1 Å². The Morgan fingerprint density at radius 1 is 1.30 bits per heavy atom. The third kappa shape index (κ3) is 4.84. The van der Waals surface area contributed by atoms with Gasteiger partial charge in [-0.25, -0.2) is 9.78 Å². The molecule has 0 fully saturated rings. The number of carbonyl (C=O) groups excluding carboxylic acids is 2. The van der Waals surface area contributed by atoms with Crippen LogP contribution in [-0.2, 0) is 20.7 Å². The van der Waals surface area contributed by atoms with E-state index in [4.69, 9.17) is 4.74 Å². The molecule has 0 unspecified atom stereocenters. The monoisotopic (exact) mass is 316 g/mol. The normalized spacial score (nSPS) is 13.0. The molecule has 0 aliphatic rings. The van der Waals surface area contributed by atoms with Crippen molar-refractivity contribution >= 4 is 17.6 Å². The van der Waals surface area contributed by atoms with Crippen molar-refractivity contribution < 1.29 is 14.3 Å². The molecule has 1 amide bonds. The number of nitrogens with one attached hydrogen (secondary N) is 3. The molecule has 23 heavy (non-hydrogen) atoms. The van der Waals surface area contributed by atoms with Crippen molar-refractivity contribution in [2.45, 2.75) is 25.4 Å². The molecule has 0 aliphatic heterocycles. The number of benzene rings is 1. The first-order valence-electron chi connectivity index (χ1n) is 7.27. The largest absolute Gasteiger partial charge is 0.467 e. The van der Waals surface area contributed by atoms with Crippen LogP contribution in [0.4, 0.5) is 5.69 Å². The van der Waals surface area contributed by atoms with Crippen LogP contribution in [0.2, 0.25) is 0 Å². The molecule has 0 radical (unpaired) electrons. The third-order valence-corrected chi connectivity index (χ3v) is 3.33. The van der Waals surface area contributed by atoms with Crippen LogP contribution < -0.4 is 10.6 Å². The maximum absolute atomic E-state index is 12.3. The first-order valence-corrected chi connectivity index (χ1v) is 7.27. The minimum atomic E-state index is -0.770. The fourth-order valence-corrected chi connectivity index (χ4v) is 2.10. The molecule has 2 aromatic rings. The lowest BCUT2D eigenvalue weighted by Crippen LogP contribution is -2.48. The number of nitrogens with zero attached hydrogens (tertiary/aromatic N) is 1. The number of anilines is 1. The molecule has 0 saturated carbocycles. The van der Waals surface area contributed by atoms with Crippen LogP contribution in [0.25, 0.3) is 0 Å². The van der Waals surface area contributed by atoms with Crippen LogP contribution in [0, 0.1) is 0 Å². The standard InChI is InChI=1S/C16H20N4O3/c1-11(19-12-6-4-3-5-7-12)15(21)20-14(16(22)23-2)8-13-9-17-10-18-13/h3-7,9-11,14,19H,8H2,1-2H3,(H,17,18)(H,20,21)/t11-,14-/m0/s1. The Bertz CT molecular complexity index is 628. The molecule has 1 aromatic heterocycles. The Morgan fingerprint density at radius 3 is 2.65 bits per heavy atom. The van der Waals surface area contributed by atoms with E-state index in [1.807, 2.05) is 30.3 Å². The molecule has 7 heteroatoms. The van der Waals surface area contributed by atoms with Gasteiger partial charge in [-0.3, -0.25) is 4.79 Å². The molecule has 1 heterocycles. The van der Waals surface area contributed by atoms with Crippen LogP contribution in [0.15, 0.2) is 42.9 Å². The molecule has 122 valence electrons. The molecule has 1 aromatic carbocycles. The third-order valence-electron chi connectivity index (χ3n) is 3.33. The molecule has 2 rings (SSSR count). The van der Waals surface area contributed by atoms with E-state index < -0.39 is 18.1 Å². The number of para-hydroxylation sites is 1. The second-order valence-corrected chi connectivity index (χ2v) is 5.10. The van der Waals surface area contributed by atoms with Gasteiger partial charge in [-0.05, 0) is 19.1 Å². The van der Waals surface area contributed by atoms with Gasteiger partial charge in [-0.1, -0.05) is 18.2 Å². The molecule has 3 N–H and O–H groups in total. The summed E-state index contributed by atoms with van der Waals surface area (Å²) in [5.74, 6) is -0.788. The zero-order valence-electron chi connectivity index (χ0n) is 13.1. The number of methoxy groups -OCH3 is 1. The summed E-state index contributed by atoms with van der Waals surface area (Å²) in [6.45, 7) is 1.73. The summed E-state index contributed by atoms with van der Waals surface area (Å²) in [6.07, 6.45) is 3.41. The average molecular weight is 316 g/mol. The van der Waals surface area contributed by atoms with Gasteiger partial charge < -0.3 is 20.4 Å². The number of imidazole rings is 1. The lowest BCUT2D eigenvalue weighted by atomic mass is 10.1. The van der Waals surface area contributed by atoms with E-state index in [1.54, 1.807) is 13.1 Å². The predicted octanol–water partition coefficient (Wildman–Crippen LogP) is 1.11. The summed E-state index contributed by atoms with van der Waals surface area (Å²) < 4.78 is 4.75. The number of carbonyl (C=O) groups is 2. The molecular weight excluding hydrogens is 296 g/mol. The molecule has 0 spiro atoms. The fraction of sp³-hybridized carbons (Fsp3) is 0.312. The van der Waals surface area contributed by atoms with Crippen LogP contribution >= 0.6 is 0 Å². The highest BCUT2D eigenvalue weighted by atomic mass is 16.5. The smallest absolute Gasteiger partial charge is 0.328 e. The van der Waals surface area contributed by atoms with Gasteiger partial charge in [0.2, 0.25) is 5.91 Å². The lowest BCUT2D eigenvalue weighted by molar-refractivity contribution is -0.145. The summed E-state index contributed by atoms with van der Waals surface area (Å²) in [7, 11) is 1.29. The van der Waals surface area contributed by atoms with Gasteiger partial charge in [0.25, 0.3) is 0 Å². The van der Waals surface area contributed by atoms with Crippen LogP contribution in [0.3, 0.4) is 0 Å². The Morgan fingerprint density at radius 2 is 2.04 bits per heavy atom. The number of aromatic nitrogens is 2. The number of amides is 1. The van der Waals surface area contributed by atoms with E-state index in [1.165, 1.54) is 13.4 Å². The summed E-state index contributed by atoms with van der Waals surface area (Å²) in [4.78, 5) is 31.0. The number of ether oxygens (including phenoxy) is 1. The number of esters is 1. The fourth-order valence-electron chi connectivity index (χ4n) is 2.10. The Hall–Kier alpha value is -2.83. The Labute approximate surface area is 134 Å². The van der Waals surface area contributed by atoms with E-state index in [-0.39, 0.29) is 12.3 Å². The number of hydrogen-bond donors (Lipinski definition) is 3. The van der Waals surface area contributed by atoms with Crippen molar-refractivity contribution in [2.75, 3.05) is 12.4 Å². The quantitative estimate of drug-likeness (QED) is 0.665. The molecule has 0 aliphatic carbocycles. The van der Waals surface area contributed by atoms with E-state index in [9.17, 15) is 9.59 Å². The van der Waals surface area contributed by atoms with Gasteiger partial charge in [0.15, 0.2) is 0 Å². The number of H-pyrrole nitrogens is 1. The highest BCUT2D eigenvalue weighted by molar-refractivity contribution is 5.89. The van der Waals surface area contributed by atoms with Crippen molar-refractivity contribution in [1.29, 1.82) is 0 Å². The first-order chi connectivity index (χ1) is 11.1. The van der Waals surface area contributed by atoms with E-state index in [2.05, 4.69) is 20.6 Å². The maximum atomic E-state index is 12.3. The van der Waals surface area contributed by atoms with Crippen molar-refractivity contribution in [2.24, 2.45) is 0 Å². The summed E-state index contributed by atoms with van der Waals surface area (Å²) >= 11 is 0. The van der Waals surface area contributed by atoms with Crippen LogP contribution in [0.5, 0.6) is 0 Å².